The third-order valence-electron chi connectivity index (χ3n) is 5.22. The van der Waals surface area contributed by atoms with Gasteiger partial charge in [-0.1, -0.05) is 32.6 Å². The Morgan fingerprint density at radius 3 is 2.11 bits per heavy atom. The second-order valence-corrected chi connectivity index (χ2v) is 6.47. The summed E-state index contributed by atoms with van der Waals surface area (Å²) in [5.41, 5.74) is -1.41. The summed E-state index contributed by atoms with van der Waals surface area (Å²) >= 11 is 0. The van der Waals surface area contributed by atoms with Crippen molar-refractivity contribution in [1.29, 1.82) is 0 Å². The van der Waals surface area contributed by atoms with Crippen LogP contribution >= 0.6 is 0 Å². The van der Waals surface area contributed by atoms with Crippen molar-refractivity contribution in [3.8, 4) is 0 Å². The van der Waals surface area contributed by atoms with E-state index in [0.717, 1.165) is 57.5 Å². The smallest absolute Gasteiger partial charge is 0.302 e. The van der Waals surface area contributed by atoms with Crippen molar-refractivity contribution < 1.29 is 13.2 Å². The van der Waals surface area contributed by atoms with Gasteiger partial charge in [0.25, 0.3) is 0 Å². The van der Waals surface area contributed by atoms with Gasteiger partial charge in [-0.25, -0.2) is 0 Å². The molecule has 1 saturated carbocycles. The van der Waals surface area contributed by atoms with Gasteiger partial charge in [0.1, 0.15) is 0 Å². The molecule has 0 bridgehead atoms. The van der Waals surface area contributed by atoms with E-state index in [0.29, 0.717) is 12.8 Å². The maximum atomic E-state index is 13.5. The van der Waals surface area contributed by atoms with E-state index >= 15 is 0 Å². The molecule has 1 saturated heterocycles. The molecule has 0 radical (unpaired) electrons. The zero-order valence-electron chi connectivity index (χ0n) is 11.9. The van der Waals surface area contributed by atoms with Gasteiger partial charge in [-0.3, -0.25) is 0 Å². The van der Waals surface area contributed by atoms with Gasteiger partial charge < -0.3 is 4.90 Å². The zero-order chi connectivity index (χ0) is 13.9. The minimum atomic E-state index is -4.03. The van der Waals surface area contributed by atoms with Crippen molar-refractivity contribution in [2.45, 2.75) is 64.5 Å². The Labute approximate surface area is 114 Å². The molecule has 1 nitrogen and oxygen atoms in total. The van der Waals surface area contributed by atoms with E-state index in [1.165, 1.54) is 0 Å². The molecule has 19 heavy (non-hydrogen) atoms. The second kappa shape index (κ2) is 6.02. The van der Waals surface area contributed by atoms with Crippen LogP contribution in [0.15, 0.2) is 0 Å². The summed E-state index contributed by atoms with van der Waals surface area (Å²) in [5.74, 6) is 0.726. The lowest BCUT2D eigenvalue weighted by atomic mass is 9.72. The number of halogens is 3. The van der Waals surface area contributed by atoms with E-state index in [4.69, 9.17) is 0 Å². The lowest BCUT2D eigenvalue weighted by Gasteiger charge is -2.44. The van der Waals surface area contributed by atoms with Crippen molar-refractivity contribution in [1.82, 2.24) is 4.90 Å². The van der Waals surface area contributed by atoms with E-state index in [1.54, 1.807) is 0 Å². The molecule has 2 fully saturated rings. The first kappa shape index (κ1) is 15.1. The summed E-state index contributed by atoms with van der Waals surface area (Å²) in [6.45, 7) is 4.14. The molecule has 0 atom stereocenters. The SMILES string of the molecule is CCC1CCN(CC2(C(F)(F)F)CCCCC2)CC1. The highest BCUT2D eigenvalue weighted by Crippen LogP contribution is 2.49. The molecule has 2 rings (SSSR count). The highest BCUT2D eigenvalue weighted by molar-refractivity contribution is 4.92. The lowest BCUT2D eigenvalue weighted by Crippen LogP contribution is -2.50. The predicted octanol–water partition coefficient (Wildman–Crippen LogP) is 4.62. The third-order valence-corrected chi connectivity index (χ3v) is 5.22. The average molecular weight is 277 g/mol. The molecule has 0 aromatic carbocycles. The Kier molecular flexibility index (Phi) is 4.80. The maximum absolute atomic E-state index is 13.5. The van der Waals surface area contributed by atoms with Crippen molar-refractivity contribution in [3.05, 3.63) is 0 Å². The fourth-order valence-electron chi connectivity index (χ4n) is 3.74. The van der Waals surface area contributed by atoms with Gasteiger partial charge in [-0.2, -0.15) is 13.2 Å². The summed E-state index contributed by atoms with van der Waals surface area (Å²) in [4.78, 5) is 2.07. The molecule has 0 spiro atoms. The van der Waals surface area contributed by atoms with Crippen LogP contribution in [0.2, 0.25) is 0 Å². The van der Waals surface area contributed by atoms with E-state index in [9.17, 15) is 13.2 Å². The summed E-state index contributed by atoms with van der Waals surface area (Å²) in [7, 11) is 0. The lowest BCUT2D eigenvalue weighted by molar-refractivity contribution is -0.240. The molecule has 4 heteroatoms. The molecular formula is C15H26F3N. The van der Waals surface area contributed by atoms with Gasteiger partial charge >= 0.3 is 6.18 Å². The highest BCUT2D eigenvalue weighted by Gasteiger charge is 2.55. The van der Waals surface area contributed by atoms with Gasteiger partial charge in [0.05, 0.1) is 5.41 Å². The van der Waals surface area contributed by atoms with E-state index < -0.39 is 11.6 Å². The largest absolute Gasteiger partial charge is 0.395 e. The van der Waals surface area contributed by atoms with Gasteiger partial charge in [0, 0.05) is 6.54 Å². The van der Waals surface area contributed by atoms with Crippen LogP contribution in [-0.2, 0) is 0 Å². The molecule has 2 aliphatic rings. The quantitative estimate of drug-likeness (QED) is 0.727. The van der Waals surface area contributed by atoms with E-state index in [-0.39, 0.29) is 6.54 Å². The first-order valence-corrected chi connectivity index (χ1v) is 7.76. The van der Waals surface area contributed by atoms with Crippen LogP contribution in [0.3, 0.4) is 0 Å². The third kappa shape index (κ3) is 3.45. The van der Waals surface area contributed by atoms with Crippen molar-refractivity contribution >= 4 is 0 Å². The minimum Gasteiger partial charge on any atom is -0.302 e. The summed E-state index contributed by atoms with van der Waals surface area (Å²) in [5, 5.41) is 0. The zero-order valence-corrected chi connectivity index (χ0v) is 11.9. The number of hydrogen-bond acceptors (Lipinski definition) is 1. The number of likely N-dealkylation sites (tertiary alicyclic amines) is 1. The summed E-state index contributed by atoms with van der Waals surface area (Å²) in [6, 6.07) is 0. The van der Waals surface area contributed by atoms with Crippen molar-refractivity contribution in [2.75, 3.05) is 19.6 Å². The first-order valence-electron chi connectivity index (χ1n) is 7.76. The van der Waals surface area contributed by atoms with Gasteiger partial charge in [0.15, 0.2) is 0 Å². The average Bonchev–Trinajstić information content (AvgIpc) is 2.39. The highest BCUT2D eigenvalue weighted by atomic mass is 19.4. The molecule has 0 aromatic heterocycles. The van der Waals surface area contributed by atoms with Crippen LogP contribution in [0.25, 0.3) is 0 Å². The number of rotatable bonds is 3. The molecule has 1 aliphatic carbocycles. The predicted molar refractivity (Wildman–Crippen MR) is 71.0 cm³/mol. The van der Waals surface area contributed by atoms with Crippen LogP contribution in [-0.4, -0.2) is 30.7 Å². The molecule has 0 N–H and O–H groups in total. The number of alkyl halides is 3. The van der Waals surface area contributed by atoms with Gasteiger partial charge in [-0.05, 0) is 44.7 Å². The van der Waals surface area contributed by atoms with E-state index in [1.807, 2.05) is 0 Å². The fraction of sp³-hybridized carbons (Fsp3) is 1.00. The van der Waals surface area contributed by atoms with Gasteiger partial charge in [0.2, 0.25) is 0 Å². The van der Waals surface area contributed by atoms with Crippen LogP contribution in [0.5, 0.6) is 0 Å². The monoisotopic (exact) mass is 277 g/mol. The molecule has 1 heterocycles. The summed E-state index contributed by atoms with van der Waals surface area (Å²) < 4.78 is 40.4. The number of nitrogens with zero attached hydrogens (tertiary/aromatic N) is 1. The number of hydrogen-bond donors (Lipinski definition) is 0. The topological polar surface area (TPSA) is 3.24 Å². The molecule has 1 aliphatic heterocycles. The van der Waals surface area contributed by atoms with Crippen LogP contribution in [0.4, 0.5) is 13.2 Å². The normalized spacial score (nSPS) is 26.5. The van der Waals surface area contributed by atoms with Crippen LogP contribution in [0, 0.1) is 11.3 Å². The van der Waals surface area contributed by atoms with Crippen LogP contribution in [0.1, 0.15) is 58.3 Å². The standard InChI is InChI=1S/C15H26F3N/c1-2-13-6-10-19(11-7-13)12-14(15(16,17)18)8-4-3-5-9-14/h13H,2-12H2,1H3. The molecule has 0 unspecified atom stereocenters. The second-order valence-electron chi connectivity index (χ2n) is 6.47. The molecular weight excluding hydrogens is 251 g/mol. The Morgan fingerprint density at radius 2 is 1.63 bits per heavy atom. The fourth-order valence-corrected chi connectivity index (χ4v) is 3.74. The van der Waals surface area contributed by atoms with Crippen molar-refractivity contribution in [2.24, 2.45) is 11.3 Å². The minimum absolute atomic E-state index is 0.243. The first-order chi connectivity index (χ1) is 8.97. The Bertz CT molecular complexity index is 274. The Balaban J connectivity index is 1.97. The molecule has 0 amide bonds. The summed E-state index contributed by atoms with van der Waals surface area (Å²) in [6.07, 6.45) is 2.40. The van der Waals surface area contributed by atoms with Crippen LogP contribution < -0.4 is 0 Å². The molecule has 112 valence electrons. The Hall–Kier alpha value is -0.250. The van der Waals surface area contributed by atoms with Gasteiger partial charge in [-0.15, -0.1) is 0 Å². The Morgan fingerprint density at radius 1 is 1.05 bits per heavy atom. The van der Waals surface area contributed by atoms with E-state index in [2.05, 4.69) is 11.8 Å². The van der Waals surface area contributed by atoms with Crippen molar-refractivity contribution in [3.63, 3.8) is 0 Å². The maximum Gasteiger partial charge on any atom is 0.395 e. The number of piperidine rings is 1. The molecule has 0 aromatic rings.